The van der Waals surface area contributed by atoms with E-state index in [0.717, 1.165) is 6.54 Å². The molecule has 1 aromatic rings. The standard InChI is InChI=1S/C19H32N2/c1-5-6-17-7-9-18(10-8-17)16(2)20-15-19(3)11-13-21(4)14-12-19/h7-10,16,20H,5-6,11-15H2,1-4H3. The summed E-state index contributed by atoms with van der Waals surface area (Å²) in [7, 11) is 2.23. The molecule has 1 aliphatic heterocycles. The number of hydrogen-bond donors (Lipinski definition) is 1. The summed E-state index contributed by atoms with van der Waals surface area (Å²) in [6.07, 6.45) is 5.02. The van der Waals surface area contributed by atoms with E-state index in [0.29, 0.717) is 11.5 Å². The zero-order valence-corrected chi connectivity index (χ0v) is 14.3. The summed E-state index contributed by atoms with van der Waals surface area (Å²) in [6, 6.07) is 9.60. The van der Waals surface area contributed by atoms with Crippen LogP contribution in [-0.4, -0.2) is 31.6 Å². The molecule has 1 aliphatic rings. The molecule has 1 fully saturated rings. The molecule has 21 heavy (non-hydrogen) atoms. The summed E-state index contributed by atoms with van der Waals surface area (Å²) in [4.78, 5) is 2.44. The van der Waals surface area contributed by atoms with Crippen molar-refractivity contribution in [3.8, 4) is 0 Å². The van der Waals surface area contributed by atoms with Gasteiger partial charge in [0.15, 0.2) is 0 Å². The van der Waals surface area contributed by atoms with E-state index in [1.54, 1.807) is 0 Å². The van der Waals surface area contributed by atoms with Crippen molar-refractivity contribution in [2.24, 2.45) is 5.41 Å². The van der Waals surface area contributed by atoms with Crippen molar-refractivity contribution < 1.29 is 0 Å². The number of nitrogens with one attached hydrogen (secondary N) is 1. The Morgan fingerprint density at radius 3 is 2.38 bits per heavy atom. The van der Waals surface area contributed by atoms with Crippen LogP contribution in [0.5, 0.6) is 0 Å². The van der Waals surface area contributed by atoms with Crippen LogP contribution in [0.4, 0.5) is 0 Å². The highest BCUT2D eigenvalue weighted by atomic mass is 15.1. The average Bonchev–Trinajstić information content (AvgIpc) is 2.49. The Labute approximate surface area is 130 Å². The molecule has 2 nitrogen and oxygen atoms in total. The van der Waals surface area contributed by atoms with Gasteiger partial charge in [-0.1, -0.05) is 44.5 Å². The molecular formula is C19H32N2. The first-order chi connectivity index (χ1) is 10.0. The Hall–Kier alpha value is -0.860. The number of hydrogen-bond acceptors (Lipinski definition) is 2. The maximum absolute atomic E-state index is 3.76. The summed E-state index contributed by atoms with van der Waals surface area (Å²) in [5.74, 6) is 0. The first-order valence-corrected chi connectivity index (χ1v) is 8.53. The van der Waals surface area contributed by atoms with E-state index >= 15 is 0 Å². The van der Waals surface area contributed by atoms with Crippen LogP contribution in [0.15, 0.2) is 24.3 Å². The van der Waals surface area contributed by atoms with E-state index in [1.807, 2.05) is 0 Å². The molecule has 0 saturated carbocycles. The molecular weight excluding hydrogens is 256 g/mol. The van der Waals surface area contributed by atoms with Crippen LogP contribution in [0.2, 0.25) is 0 Å². The predicted molar refractivity (Wildman–Crippen MR) is 91.7 cm³/mol. The van der Waals surface area contributed by atoms with Gasteiger partial charge in [-0.15, -0.1) is 0 Å². The largest absolute Gasteiger partial charge is 0.310 e. The number of aryl methyl sites for hydroxylation is 1. The number of rotatable bonds is 6. The summed E-state index contributed by atoms with van der Waals surface area (Å²) in [5.41, 5.74) is 3.32. The van der Waals surface area contributed by atoms with Gasteiger partial charge in [-0.25, -0.2) is 0 Å². The maximum Gasteiger partial charge on any atom is 0.0292 e. The van der Waals surface area contributed by atoms with Crippen LogP contribution >= 0.6 is 0 Å². The highest BCUT2D eigenvalue weighted by Gasteiger charge is 2.28. The third-order valence-electron chi connectivity index (χ3n) is 5.05. The quantitative estimate of drug-likeness (QED) is 0.850. The Morgan fingerprint density at radius 1 is 1.19 bits per heavy atom. The van der Waals surface area contributed by atoms with Gasteiger partial charge in [-0.05, 0) is 62.9 Å². The zero-order valence-electron chi connectivity index (χ0n) is 14.3. The second-order valence-electron chi connectivity index (χ2n) is 7.21. The lowest BCUT2D eigenvalue weighted by molar-refractivity contribution is 0.134. The number of likely N-dealkylation sites (tertiary alicyclic amines) is 1. The van der Waals surface area contributed by atoms with E-state index in [-0.39, 0.29) is 0 Å². The SMILES string of the molecule is CCCc1ccc(C(C)NCC2(C)CCN(C)CC2)cc1. The summed E-state index contributed by atoms with van der Waals surface area (Å²) < 4.78 is 0. The van der Waals surface area contributed by atoms with Crippen molar-refractivity contribution in [1.82, 2.24) is 10.2 Å². The molecule has 0 aromatic heterocycles. The molecule has 1 aromatic carbocycles. The number of benzene rings is 1. The molecule has 1 N–H and O–H groups in total. The van der Waals surface area contributed by atoms with E-state index < -0.39 is 0 Å². The van der Waals surface area contributed by atoms with Crippen LogP contribution in [0.25, 0.3) is 0 Å². The van der Waals surface area contributed by atoms with Gasteiger partial charge in [0, 0.05) is 12.6 Å². The monoisotopic (exact) mass is 288 g/mol. The first-order valence-electron chi connectivity index (χ1n) is 8.53. The average molecular weight is 288 g/mol. The Bertz CT molecular complexity index is 416. The van der Waals surface area contributed by atoms with E-state index in [9.17, 15) is 0 Å². The molecule has 0 radical (unpaired) electrons. The fourth-order valence-corrected chi connectivity index (χ4v) is 3.11. The lowest BCUT2D eigenvalue weighted by atomic mass is 9.80. The molecule has 2 rings (SSSR count). The van der Waals surface area contributed by atoms with Gasteiger partial charge in [-0.2, -0.15) is 0 Å². The van der Waals surface area contributed by atoms with Crippen molar-refractivity contribution in [3.05, 3.63) is 35.4 Å². The van der Waals surface area contributed by atoms with Gasteiger partial charge in [0.2, 0.25) is 0 Å². The lowest BCUT2D eigenvalue weighted by Crippen LogP contribution is -2.42. The van der Waals surface area contributed by atoms with Crippen molar-refractivity contribution in [2.75, 3.05) is 26.7 Å². The molecule has 118 valence electrons. The fraction of sp³-hybridized carbons (Fsp3) is 0.684. The van der Waals surface area contributed by atoms with Crippen molar-refractivity contribution in [1.29, 1.82) is 0 Å². The highest BCUT2D eigenvalue weighted by Crippen LogP contribution is 2.30. The molecule has 0 bridgehead atoms. The molecule has 0 amide bonds. The second kappa shape index (κ2) is 7.42. The van der Waals surface area contributed by atoms with Gasteiger partial charge in [0.25, 0.3) is 0 Å². The predicted octanol–water partition coefficient (Wildman–Crippen LogP) is 4.02. The van der Waals surface area contributed by atoms with E-state index in [4.69, 9.17) is 0 Å². The molecule has 0 aliphatic carbocycles. The minimum absolute atomic E-state index is 0.442. The molecule has 1 atom stereocenters. The third kappa shape index (κ3) is 4.82. The summed E-state index contributed by atoms with van der Waals surface area (Å²) >= 11 is 0. The third-order valence-corrected chi connectivity index (χ3v) is 5.05. The Kier molecular flexibility index (Phi) is 5.83. The maximum atomic E-state index is 3.76. The van der Waals surface area contributed by atoms with Gasteiger partial charge in [0.1, 0.15) is 0 Å². The lowest BCUT2D eigenvalue weighted by Gasteiger charge is -2.38. The van der Waals surface area contributed by atoms with Crippen LogP contribution in [-0.2, 0) is 6.42 Å². The second-order valence-corrected chi connectivity index (χ2v) is 7.21. The van der Waals surface area contributed by atoms with E-state index in [2.05, 4.69) is 62.3 Å². The van der Waals surface area contributed by atoms with Crippen molar-refractivity contribution in [3.63, 3.8) is 0 Å². The van der Waals surface area contributed by atoms with Gasteiger partial charge >= 0.3 is 0 Å². The first kappa shape index (κ1) is 16.5. The summed E-state index contributed by atoms with van der Waals surface area (Å²) in [6.45, 7) is 10.5. The minimum atomic E-state index is 0.442. The van der Waals surface area contributed by atoms with Crippen LogP contribution in [0, 0.1) is 5.41 Å². The van der Waals surface area contributed by atoms with Crippen LogP contribution in [0.3, 0.4) is 0 Å². The van der Waals surface area contributed by atoms with Crippen molar-refractivity contribution in [2.45, 2.75) is 52.5 Å². The molecule has 1 saturated heterocycles. The number of nitrogens with zero attached hydrogens (tertiary/aromatic N) is 1. The van der Waals surface area contributed by atoms with Crippen LogP contribution in [0.1, 0.15) is 57.2 Å². The highest BCUT2D eigenvalue weighted by molar-refractivity contribution is 5.24. The Balaban J connectivity index is 1.85. The normalized spacial score (nSPS) is 20.4. The van der Waals surface area contributed by atoms with Crippen LogP contribution < -0.4 is 5.32 Å². The summed E-state index contributed by atoms with van der Waals surface area (Å²) in [5, 5.41) is 3.76. The van der Waals surface area contributed by atoms with Gasteiger partial charge in [-0.3, -0.25) is 0 Å². The Morgan fingerprint density at radius 2 is 1.81 bits per heavy atom. The van der Waals surface area contributed by atoms with Gasteiger partial charge < -0.3 is 10.2 Å². The molecule has 1 heterocycles. The molecule has 1 unspecified atom stereocenters. The van der Waals surface area contributed by atoms with Crippen molar-refractivity contribution >= 4 is 0 Å². The smallest absolute Gasteiger partial charge is 0.0292 e. The van der Waals surface area contributed by atoms with Gasteiger partial charge in [0.05, 0.1) is 0 Å². The minimum Gasteiger partial charge on any atom is -0.310 e. The zero-order chi connectivity index (χ0) is 15.3. The molecule has 2 heteroatoms. The molecule has 0 spiro atoms. The van der Waals surface area contributed by atoms with E-state index in [1.165, 1.54) is 49.9 Å². The fourth-order valence-electron chi connectivity index (χ4n) is 3.11. The number of piperidine rings is 1. The topological polar surface area (TPSA) is 15.3 Å².